The largest absolute Gasteiger partial charge is 0.292 e. The van der Waals surface area contributed by atoms with Gasteiger partial charge in [-0.3, -0.25) is 9.69 Å². The number of nitrogens with zero attached hydrogens (tertiary/aromatic N) is 1. The highest BCUT2D eigenvalue weighted by Crippen LogP contribution is 2.23. The molecule has 1 saturated heterocycles. The summed E-state index contributed by atoms with van der Waals surface area (Å²) >= 11 is 0. The van der Waals surface area contributed by atoms with Gasteiger partial charge in [0, 0.05) is 12.1 Å². The van der Waals surface area contributed by atoms with Gasteiger partial charge in [-0.25, -0.2) is 8.78 Å². The van der Waals surface area contributed by atoms with Gasteiger partial charge in [-0.05, 0) is 44.9 Å². The molecule has 0 spiro atoms. The first-order chi connectivity index (χ1) is 10.0. The van der Waals surface area contributed by atoms with Crippen LogP contribution in [0.2, 0.25) is 0 Å². The molecule has 0 N–H and O–H groups in total. The summed E-state index contributed by atoms with van der Waals surface area (Å²) in [6.07, 6.45) is 5.50. The van der Waals surface area contributed by atoms with Crippen molar-refractivity contribution < 1.29 is 13.6 Å². The van der Waals surface area contributed by atoms with Gasteiger partial charge in [-0.2, -0.15) is 0 Å². The van der Waals surface area contributed by atoms with Crippen molar-refractivity contribution in [3.63, 3.8) is 0 Å². The fraction of sp³-hybridized carbons (Fsp3) is 0.588. The van der Waals surface area contributed by atoms with Crippen LogP contribution in [0, 0.1) is 11.6 Å². The number of benzene rings is 1. The smallest absolute Gasteiger partial charge is 0.182 e. The average Bonchev–Trinajstić information content (AvgIpc) is 2.71. The summed E-state index contributed by atoms with van der Waals surface area (Å²) in [4.78, 5) is 14.7. The Balaban J connectivity index is 2.20. The fourth-order valence-electron chi connectivity index (χ4n) is 3.21. The predicted molar refractivity (Wildman–Crippen MR) is 79.4 cm³/mol. The first-order valence-corrected chi connectivity index (χ1v) is 7.79. The molecule has 0 radical (unpaired) electrons. The Morgan fingerprint density at radius 2 is 2.10 bits per heavy atom. The summed E-state index contributed by atoms with van der Waals surface area (Å²) in [7, 11) is 0. The molecule has 2 rings (SSSR count). The van der Waals surface area contributed by atoms with Crippen LogP contribution < -0.4 is 0 Å². The van der Waals surface area contributed by atoms with Crippen LogP contribution in [0.5, 0.6) is 0 Å². The van der Waals surface area contributed by atoms with Gasteiger partial charge in [-0.1, -0.05) is 19.8 Å². The molecule has 0 bridgehead atoms. The maximum atomic E-state index is 13.8. The van der Waals surface area contributed by atoms with E-state index in [-0.39, 0.29) is 17.4 Å². The molecule has 0 aliphatic carbocycles. The van der Waals surface area contributed by atoms with Crippen molar-refractivity contribution in [2.45, 2.75) is 58.0 Å². The van der Waals surface area contributed by atoms with Crippen LogP contribution >= 0.6 is 0 Å². The summed E-state index contributed by atoms with van der Waals surface area (Å²) in [5.74, 6) is -1.68. The molecular weight excluding hydrogens is 272 g/mol. The van der Waals surface area contributed by atoms with Crippen LogP contribution in [0.4, 0.5) is 8.78 Å². The van der Waals surface area contributed by atoms with E-state index in [0.29, 0.717) is 6.04 Å². The van der Waals surface area contributed by atoms with Crippen LogP contribution in [0.1, 0.15) is 56.3 Å². The van der Waals surface area contributed by atoms with Crippen LogP contribution in [0.25, 0.3) is 0 Å². The van der Waals surface area contributed by atoms with Crippen molar-refractivity contribution in [1.82, 2.24) is 4.90 Å². The Morgan fingerprint density at radius 3 is 2.76 bits per heavy atom. The number of rotatable bonds is 4. The van der Waals surface area contributed by atoms with Crippen LogP contribution in [0.15, 0.2) is 18.2 Å². The third-order valence-corrected chi connectivity index (χ3v) is 4.47. The summed E-state index contributed by atoms with van der Waals surface area (Å²) < 4.78 is 26.8. The van der Waals surface area contributed by atoms with Crippen molar-refractivity contribution in [1.29, 1.82) is 0 Å². The van der Waals surface area contributed by atoms with Crippen molar-refractivity contribution in [2.75, 3.05) is 6.54 Å². The zero-order valence-electron chi connectivity index (χ0n) is 12.7. The first kappa shape index (κ1) is 16.1. The van der Waals surface area contributed by atoms with E-state index in [1.165, 1.54) is 18.9 Å². The van der Waals surface area contributed by atoms with Gasteiger partial charge >= 0.3 is 0 Å². The quantitative estimate of drug-likeness (QED) is 0.776. The van der Waals surface area contributed by atoms with Gasteiger partial charge in [0.25, 0.3) is 0 Å². The molecule has 4 heteroatoms. The van der Waals surface area contributed by atoms with E-state index in [1.807, 2.05) is 6.92 Å². The molecule has 2 nitrogen and oxygen atoms in total. The summed E-state index contributed by atoms with van der Waals surface area (Å²) in [5.41, 5.74) is -0.0111. The van der Waals surface area contributed by atoms with Crippen LogP contribution in [-0.2, 0) is 0 Å². The molecule has 1 aromatic rings. The van der Waals surface area contributed by atoms with Gasteiger partial charge in [0.2, 0.25) is 0 Å². The zero-order valence-corrected chi connectivity index (χ0v) is 12.7. The predicted octanol–water partition coefficient (Wildman–Crippen LogP) is 4.19. The zero-order chi connectivity index (χ0) is 15.4. The Labute approximate surface area is 125 Å². The number of carbonyl (C=O) groups excluding carboxylic acids is 1. The third-order valence-electron chi connectivity index (χ3n) is 4.47. The third kappa shape index (κ3) is 3.67. The molecule has 1 aliphatic heterocycles. The number of Topliss-reactive ketones (excluding diaryl/α,β-unsaturated/α-hetero) is 1. The maximum Gasteiger partial charge on any atom is 0.182 e. The Bertz CT molecular complexity index is 504. The lowest BCUT2D eigenvalue weighted by Crippen LogP contribution is -2.45. The van der Waals surface area contributed by atoms with E-state index in [2.05, 4.69) is 11.8 Å². The standard InChI is InChI=1S/C17H23F2NO/c1-3-14-7-5-4-6-10-20(14)12(2)17(21)15-9-8-13(18)11-16(15)19/h8-9,11-12,14H,3-7,10H2,1-2H3. The van der Waals surface area contributed by atoms with E-state index in [9.17, 15) is 13.6 Å². The van der Waals surface area contributed by atoms with Gasteiger partial charge in [0.15, 0.2) is 5.78 Å². The van der Waals surface area contributed by atoms with E-state index in [1.54, 1.807) is 0 Å². The van der Waals surface area contributed by atoms with Gasteiger partial charge in [0.1, 0.15) is 11.6 Å². The lowest BCUT2D eigenvalue weighted by Gasteiger charge is -2.34. The fourth-order valence-corrected chi connectivity index (χ4v) is 3.21. The van der Waals surface area contributed by atoms with E-state index >= 15 is 0 Å². The maximum absolute atomic E-state index is 13.8. The Hall–Kier alpha value is -1.29. The Kier molecular flexibility index (Phi) is 5.45. The van der Waals surface area contributed by atoms with Gasteiger partial charge in [-0.15, -0.1) is 0 Å². The van der Waals surface area contributed by atoms with Crippen molar-refractivity contribution >= 4 is 5.78 Å². The number of ketones is 1. The molecule has 0 amide bonds. The van der Waals surface area contributed by atoms with Crippen molar-refractivity contribution in [3.8, 4) is 0 Å². The van der Waals surface area contributed by atoms with E-state index in [4.69, 9.17) is 0 Å². The summed E-state index contributed by atoms with van der Waals surface area (Å²) in [6.45, 7) is 4.83. The minimum absolute atomic E-state index is 0.0111. The monoisotopic (exact) mass is 295 g/mol. The average molecular weight is 295 g/mol. The molecule has 1 heterocycles. The molecule has 1 aliphatic rings. The highest BCUT2D eigenvalue weighted by atomic mass is 19.1. The molecule has 0 saturated carbocycles. The molecule has 2 atom stereocenters. The van der Waals surface area contributed by atoms with Gasteiger partial charge in [0.05, 0.1) is 11.6 Å². The molecule has 116 valence electrons. The van der Waals surface area contributed by atoms with Crippen LogP contribution in [0.3, 0.4) is 0 Å². The number of halogens is 2. The second-order valence-corrected chi connectivity index (χ2v) is 5.81. The number of hydrogen-bond donors (Lipinski definition) is 0. The molecule has 2 unspecified atom stereocenters. The first-order valence-electron chi connectivity index (χ1n) is 7.79. The summed E-state index contributed by atoms with van der Waals surface area (Å²) in [6, 6.07) is 3.17. The molecule has 1 aromatic carbocycles. The minimum atomic E-state index is -0.769. The molecule has 1 fully saturated rings. The van der Waals surface area contributed by atoms with Crippen LogP contribution in [-0.4, -0.2) is 29.3 Å². The number of hydrogen-bond acceptors (Lipinski definition) is 2. The molecule has 21 heavy (non-hydrogen) atoms. The number of carbonyl (C=O) groups is 1. The molecular formula is C17H23F2NO. The normalized spacial score (nSPS) is 21.8. The SMILES string of the molecule is CCC1CCCCCN1C(C)C(=O)c1ccc(F)cc1F. The lowest BCUT2D eigenvalue weighted by atomic mass is 10.00. The highest BCUT2D eigenvalue weighted by Gasteiger charge is 2.30. The van der Waals surface area contributed by atoms with Gasteiger partial charge < -0.3 is 0 Å². The summed E-state index contributed by atoms with van der Waals surface area (Å²) in [5, 5.41) is 0. The molecule has 0 aromatic heterocycles. The van der Waals surface area contributed by atoms with E-state index < -0.39 is 11.6 Å². The second-order valence-electron chi connectivity index (χ2n) is 5.81. The minimum Gasteiger partial charge on any atom is -0.292 e. The van der Waals surface area contributed by atoms with Crippen molar-refractivity contribution in [3.05, 3.63) is 35.4 Å². The van der Waals surface area contributed by atoms with E-state index in [0.717, 1.165) is 37.9 Å². The highest BCUT2D eigenvalue weighted by molar-refractivity contribution is 6.00. The second kappa shape index (κ2) is 7.12. The lowest BCUT2D eigenvalue weighted by molar-refractivity contribution is 0.0754. The topological polar surface area (TPSA) is 20.3 Å². The number of likely N-dealkylation sites (tertiary alicyclic amines) is 1. The van der Waals surface area contributed by atoms with Crippen molar-refractivity contribution in [2.24, 2.45) is 0 Å². The Morgan fingerprint density at radius 1 is 1.33 bits per heavy atom.